The van der Waals surface area contributed by atoms with Crippen LogP contribution in [0.5, 0.6) is 11.5 Å². The van der Waals surface area contributed by atoms with Gasteiger partial charge in [0.1, 0.15) is 0 Å². The number of rotatable bonds is 6. The van der Waals surface area contributed by atoms with E-state index in [0.29, 0.717) is 11.5 Å². The minimum absolute atomic E-state index is 0.186. The predicted octanol–water partition coefficient (Wildman–Crippen LogP) is 3.01. The van der Waals surface area contributed by atoms with Gasteiger partial charge >= 0.3 is 0 Å². The number of ether oxygens (including phenoxy) is 2. The van der Waals surface area contributed by atoms with Gasteiger partial charge in [0.15, 0.2) is 11.5 Å². The van der Waals surface area contributed by atoms with Crippen molar-refractivity contribution in [2.24, 2.45) is 0 Å². The Morgan fingerprint density at radius 1 is 1.06 bits per heavy atom. The van der Waals surface area contributed by atoms with Gasteiger partial charge in [-0.1, -0.05) is 6.07 Å². The van der Waals surface area contributed by atoms with Crippen LogP contribution in [0.1, 0.15) is 25.5 Å². The zero-order chi connectivity index (χ0) is 13.7. The van der Waals surface area contributed by atoms with Crippen molar-refractivity contribution in [2.45, 2.75) is 32.4 Å². The highest BCUT2D eigenvalue weighted by Gasteiger charge is 2.18. The van der Waals surface area contributed by atoms with Gasteiger partial charge in [-0.05, 0) is 31.5 Å². The van der Waals surface area contributed by atoms with Crippen molar-refractivity contribution in [3.8, 4) is 11.5 Å². The van der Waals surface area contributed by atoms with Crippen LogP contribution in [0.15, 0.2) is 18.2 Å². The molecular formula is C13H19F2NO2. The Kier molecular flexibility index (Phi) is 5.34. The summed E-state index contributed by atoms with van der Waals surface area (Å²) in [6.07, 6.45) is -2.38. The number of halogens is 2. The Balaban J connectivity index is 2.83. The van der Waals surface area contributed by atoms with Crippen LogP contribution in [0, 0.1) is 0 Å². The molecule has 1 aromatic rings. The van der Waals surface area contributed by atoms with Gasteiger partial charge in [-0.2, -0.15) is 0 Å². The number of alkyl halides is 2. The molecule has 0 saturated carbocycles. The van der Waals surface area contributed by atoms with Crippen LogP contribution in [0.3, 0.4) is 0 Å². The first-order valence-electron chi connectivity index (χ1n) is 5.75. The summed E-state index contributed by atoms with van der Waals surface area (Å²) < 4.78 is 35.2. The lowest BCUT2D eigenvalue weighted by atomic mass is 10.1. The van der Waals surface area contributed by atoms with Gasteiger partial charge in [0, 0.05) is 6.04 Å². The van der Waals surface area contributed by atoms with Crippen LogP contribution < -0.4 is 14.8 Å². The Morgan fingerprint density at radius 3 is 2.17 bits per heavy atom. The second-order valence-corrected chi connectivity index (χ2v) is 4.13. The van der Waals surface area contributed by atoms with Gasteiger partial charge in [-0.25, -0.2) is 8.78 Å². The molecule has 1 rings (SSSR count). The van der Waals surface area contributed by atoms with E-state index in [1.807, 2.05) is 13.0 Å². The molecule has 102 valence electrons. The van der Waals surface area contributed by atoms with Crippen LogP contribution in [-0.4, -0.2) is 26.7 Å². The van der Waals surface area contributed by atoms with E-state index in [1.165, 1.54) is 6.92 Å². The normalized spacial score (nSPS) is 14.4. The molecule has 1 N–H and O–H groups in total. The summed E-state index contributed by atoms with van der Waals surface area (Å²) in [7, 11) is 3.10. The predicted molar refractivity (Wildman–Crippen MR) is 66.6 cm³/mol. The maximum atomic E-state index is 12.5. The largest absolute Gasteiger partial charge is 0.493 e. The van der Waals surface area contributed by atoms with Crippen LogP contribution in [-0.2, 0) is 0 Å². The third-order valence-electron chi connectivity index (χ3n) is 2.80. The topological polar surface area (TPSA) is 30.5 Å². The Bertz CT molecular complexity index is 385. The summed E-state index contributed by atoms with van der Waals surface area (Å²) >= 11 is 0. The van der Waals surface area contributed by atoms with Crippen LogP contribution >= 0.6 is 0 Å². The molecule has 0 aliphatic rings. The van der Waals surface area contributed by atoms with E-state index in [0.717, 1.165) is 5.56 Å². The quantitative estimate of drug-likeness (QED) is 0.852. The average molecular weight is 259 g/mol. The van der Waals surface area contributed by atoms with Crippen molar-refractivity contribution in [1.82, 2.24) is 5.32 Å². The van der Waals surface area contributed by atoms with E-state index in [1.54, 1.807) is 26.4 Å². The molecule has 2 atom stereocenters. The van der Waals surface area contributed by atoms with Crippen molar-refractivity contribution < 1.29 is 18.3 Å². The summed E-state index contributed by atoms with van der Waals surface area (Å²) in [5.74, 6) is 1.21. The summed E-state index contributed by atoms with van der Waals surface area (Å²) in [4.78, 5) is 0. The maximum Gasteiger partial charge on any atom is 0.253 e. The molecule has 3 nitrogen and oxygen atoms in total. The van der Waals surface area contributed by atoms with Crippen LogP contribution in [0.25, 0.3) is 0 Å². The first-order chi connectivity index (χ1) is 8.49. The molecule has 0 bridgehead atoms. The van der Waals surface area contributed by atoms with Gasteiger partial charge in [-0.15, -0.1) is 0 Å². The summed E-state index contributed by atoms with van der Waals surface area (Å²) in [5.41, 5.74) is 0.875. The van der Waals surface area contributed by atoms with Gasteiger partial charge in [0.25, 0.3) is 6.43 Å². The Hall–Kier alpha value is -1.36. The fourth-order valence-electron chi connectivity index (χ4n) is 1.69. The molecule has 0 heterocycles. The molecule has 0 fully saturated rings. The molecule has 0 saturated heterocycles. The fraction of sp³-hybridized carbons (Fsp3) is 0.538. The molecule has 1 aromatic carbocycles. The second-order valence-electron chi connectivity index (χ2n) is 4.13. The van der Waals surface area contributed by atoms with E-state index in [2.05, 4.69) is 5.32 Å². The number of hydrogen-bond acceptors (Lipinski definition) is 3. The molecule has 0 aromatic heterocycles. The van der Waals surface area contributed by atoms with Crippen molar-refractivity contribution >= 4 is 0 Å². The van der Waals surface area contributed by atoms with Gasteiger partial charge < -0.3 is 14.8 Å². The average Bonchev–Trinajstić information content (AvgIpc) is 2.37. The van der Waals surface area contributed by atoms with Gasteiger partial charge in [0.05, 0.1) is 20.3 Å². The Morgan fingerprint density at radius 2 is 1.67 bits per heavy atom. The molecule has 0 aliphatic heterocycles. The molecule has 5 heteroatoms. The number of nitrogens with one attached hydrogen (secondary N) is 1. The molecule has 0 spiro atoms. The minimum atomic E-state index is -2.38. The molecule has 0 aliphatic carbocycles. The molecule has 0 amide bonds. The Labute approximate surface area is 106 Å². The summed E-state index contributed by atoms with van der Waals surface area (Å²) in [6.45, 7) is 3.29. The monoisotopic (exact) mass is 259 g/mol. The fourth-order valence-corrected chi connectivity index (χ4v) is 1.69. The highest BCUT2D eigenvalue weighted by molar-refractivity contribution is 5.43. The third-order valence-corrected chi connectivity index (χ3v) is 2.80. The third kappa shape index (κ3) is 3.57. The zero-order valence-corrected chi connectivity index (χ0v) is 11.0. The standard InChI is InChI=1S/C13H19F2NO2/c1-8(16-9(2)13(14)15)10-5-6-11(17-3)12(7-10)18-4/h5-9,13,16H,1-4H3. The van der Waals surface area contributed by atoms with Gasteiger partial charge in [0.2, 0.25) is 0 Å². The van der Waals surface area contributed by atoms with Gasteiger partial charge in [-0.3, -0.25) is 0 Å². The smallest absolute Gasteiger partial charge is 0.253 e. The second kappa shape index (κ2) is 6.54. The van der Waals surface area contributed by atoms with E-state index in [-0.39, 0.29) is 6.04 Å². The number of hydrogen-bond donors (Lipinski definition) is 1. The van der Waals surface area contributed by atoms with Crippen molar-refractivity contribution in [1.29, 1.82) is 0 Å². The SMILES string of the molecule is COc1ccc(C(C)NC(C)C(F)F)cc1OC. The van der Waals surface area contributed by atoms with Crippen molar-refractivity contribution in [2.75, 3.05) is 14.2 Å². The lowest BCUT2D eigenvalue weighted by Gasteiger charge is -2.20. The van der Waals surface area contributed by atoms with E-state index < -0.39 is 12.5 Å². The molecular weight excluding hydrogens is 240 g/mol. The van der Waals surface area contributed by atoms with E-state index >= 15 is 0 Å². The summed E-state index contributed by atoms with van der Waals surface area (Å²) in [6, 6.07) is 4.34. The highest BCUT2D eigenvalue weighted by atomic mass is 19.3. The van der Waals surface area contributed by atoms with Crippen molar-refractivity contribution in [3.05, 3.63) is 23.8 Å². The minimum Gasteiger partial charge on any atom is -0.493 e. The zero-order valence-electron chi connectivity index (χ0n) is 11.0. The maximum absolute atomic E-state index is 12.5. The first-order valence-corrected chi connectivity index (χ1v) is 5.75. The number of benzene rings is 1. The van der Waals surface area contributed by atoms with E-state index in [9.17, 15) is 8.78 Å². The number of methoxy groups -OCH3 is 2. The van der Waals surface area contributed by atoms with Crippen LogP contribution in [0.2, 0.25) is 0 Å². The van der Waals surface area contributed by atoms with Crippen molar-refractivity contribution in [3.63, 3.8) is 0 Å². The molecule has 2 unspecified atom stereocenters. The first kappa shape index (κ1) is 14.7. The lowest BCUT2D eigenvalue weighted by Crippen LogP contribution is -2.34. The molecule has 0 radical (unpaired) electrons. The lowest BCUT2D eigenvalue weighted by molar-refractivity contribution is 0.101. The highest BCUT2D eigenvalue weighted by Crippen LogP contribution is 2.30. The molecule has 18 heavy (non-hydrogen) atoms. The summed E-state index contributed by atoms with van der Waals surface area (Å²) in [5, 5.41) is 2.84. The van der Waals surface area contributed by atoms with Crippen LogP contribution in [0.4, 0.5) is 8.78 Å². The van der Waals surface area contributed by atoms with E-state index in [4.69, 9.17) is 9.47 Å².